The fraction of sp³-hybridized carbons (Fsp3) is 0.241. The Morgan fingerprint density at radius 1 is 0.892 bits per heavy atom. The Bertz CT molecular complexity index is 1390. The van der Waals surface area contributed by atoms with Crippen molar-refractivity contribution >= 4 is 0 Å². The van der Waals surface area contributed by atoms with Gasteiger partial charge in [-0.2, -0.15) is 0 Å². The number of aromatic amines is 1. The molecule has 1 saturated heterocycles. The molecule has 0 unspecified atom stereocenters. The van der Waals surface area contributed by atoms with Crippen LogP contribution in [0.3, 0.4) is 0 Å². The number of hydrogen-bond donors (Lipinski definition) is 4. The van der Waals surface area contributed by atoms with Crippen molar-refractivity contribution in [2.75, 3.05) is 6.61 Å². The summed E-state index contributed by atoms with van der Waals surface area (Å²) < 4.78 is 7.14. The van der Waals surface area contributed by atoms with Crippen molar-refractivity contribution in [3.63, 3.8) is 0 Å². The van der Waals surface area contributed by atoms with Gasteiger partial charge in [0.2, 0.25) is 0 Å². The second-order valence-electron chi connectivity index (χ2n) is 9.31. The van der Waals surface area contributed by atoms with Gasteiger partial charge in [0, 0.05) is 11.8 Å². The molecule has 2 heterocycles. The number of rotatable bonds is 6. The predicted molar refractivity (Wildman–Crippen MR) is 137 cm³/mol. The summed E-state index contributed by atoms with van der Waals surface area (Å²) in [5, 5.41) is 34.9. The molecular weight excluding hydrogens is 472 g/mol. The van der Waals surface area contributed by atoms with E-state index in [-0.39, 0.29) is 5.56 Å². The first-order chi connectivity index (χ1) is 17.9. The van der Waals surface area contributed by atoms with Gasteiger partial charge in [-0.05, 0) is 23.6 Å². The van der Waals surface area contributed by atoms with Crippen molar-refractivity contribution in [3.8, 4) is 0 Å². The van der Waals surface area contributed by atoms with Gasteiger partial charge in [0.25, 0.3) is 5.56 Å². The summed E-state index contributed by atoms with van der Waals surface area (Å²) in [6.07, 6.45) is -3.04. The molecule has 3 aromatic carbocycles. The van der Waals surface area contributed by atoms with E-state index in [1.165, 1.54) is 13.1 Å². The number of ether oxygens (including phenoxy) is 1. The zero-order valence-corrected chi connectivity index (χ0v) is 20.2. The Labute approximate surface area is 213 Å². The van der Waals surface area contributed by atoms with Crippen LogP contribution in [-0.4, -0.2) is 49.3 Å². The molecule has 5 rings (SSSR count). The SMILES string of the molecule is Cc1cn([C@@H]2O[C@H](CO)[C@@H](O)[C@@]2(O)C(c2ccccc2)(c2ccccc2)c2ccccc2)c(=O)[nH]c1=O. The van der Waals surface area contributed by atoms with Gasteiger partial charge in [0.05, 0.1) is 12.0 Å². The first-order valence-electron chi connectivity index (χ1n) is 12.0. The Balaban J connectivity index is 1.94. The van der Waals surface area contributed by atoms with Gasteiger partial charge in [-0.25, -0.2) is 4.79 Å². The summed E-state index contributed by atoms with van der Waals surface area (Å²) >= 11 is 0. The lowest BCUT2D eigenvalue weighted by molar-refractivity contribution is -0.139. The standard InChI is InChI=1S/C29H28N2O6/c1-19-17-31(27(35)30-25(19)34)26-29(36,24(33)23(18-32)37-26)28(20-11-5-2-6-12-20,21-13-7-3-8-14-21)22-15-9-4-10-16-22/h2-17,23-24,26,32-33,36H,18H2,1H3,(H,30,34,35)/t23-,24-,26-,29+/m1/s1. The normalized spacial score (nSPS) is 23.7. The van der Waals surface area contributed by atoms with Gasteiger partial charge >= 0.3 is 5.69 Å². The number of aryl methyl sites for hydroxylation is 1. The van der Waals surface area contributed by atoms with Crippen molar-refractivity contribution in [3.05, 3.63) is 140 Å². The summed E-state index contributed by atoms with van der Waals surface area (Å²) in [4.78, 5) is 27.5. The molecule has 8 nitrogen and oxygen atoms in total. The van der Waals surface area contributed by atoms with Gasteiger partial charge in [0.1, 0.15) is 12.2 Å². The average molecular weight is 501 g/mol. The highest BCUT2D eigenvalue weighted by Crippen LogP contribution is 2.56. The Hall–Kier alpha value is -3.82. The summed E-state index contributed by atoms with van der Waals surface area (Å²) in [5.41, 5.74) is -2.97. The third kappa shape index (κ3) is 3.69. The number of aromatic nitrogens is 2. The van der Waals surface area contributed by atoms with Crippen LogP contribution < -0.4 is 11.2 Å². The van der Waals surface area contributed by atoms with Crippen LogP contribution in [-0.2, 0) is 10.2 Å². The molecule has 4 N–H and O–H groups in total. The topological polar surface area (TPSA) is 125 Å². The lowest BCUT2D eigenvalue weighted by Gasteiger charge is -2.50. The third-order valence-corrected chi connectivity index (χ3v) is 7.28. The van der Waals surface area contributed by atoms with Gasteiger partial charge in [0.15, 0.2) is 11.8 Å². The van der Waals surface area contributed by atoms with E-state index in [1.807, 2.05) is 91.0 Å². The fourth-order valence-electron chi connectivity index (χ4n) is 5.62. The molecule has 0 bridgehead atoms. The Kier molecular flexibility index (Phi) is 6.43. The van der Waals surface area contributed by atoms with E-state index in [1.54, 1.807) is 0 Å². The number of nitrogens with zero attached hydrogens (tertiary/aromatic N) is 1. The zero-order valence-electron chi connectivity index (χ0n) is 20.2. The van der Waals surface area contributed by atoms with Crippen LogP contribution in [0.15, 0.2) is 107 Å². The minimum atomic E-state index is -2.24. The summed E-state index contributed by atoms with van der Waals surface area (Å²) in [6, 6.07) is 27.6. The van der Waals surface area contributed by atoms with Crippen molar-refractivity contribution in [2.24, 2.45) is 0 Å². The number of nitrogens with one attached hydrogen (secondary N) is 1. The number of hydrogen-bond acceptors (Lipinski definition) is 6. The highest BCUT2D eigenvalue weighted by molar-refractivity contribution is 5.55. The van der Waals surface area contributed by atoms with Crippen LogP contribution in [0.2, 0.25) is 0 Å². The maximum absolute atomic E-state index is 13.1. The molecule has 37 heavy (non-hydrogen) atoms. The highest BCUT2D eigenvalue weighted by atomic mass is 16.6. The van der Waals surface area contributed by atoms with E-state index in [0.29, 0.717) is 16.7 Å². The Morgan fingerprint density at radius 3 is 1.78 bits per heavy atom. The van der Waals surface area contributed by atoms with E-state index in [9.17, 15) is 24.9 Å². The summed E-state index contributed by atoms with van der Waals surface area (Å²) in [5.74, 6) is 0. The van der Waals surface area contributed by atoms with Crippen molar-refractivity contribution in [2.45, 2.75) is 36.4 Å². The monoisotopic (exact) mass is 500 g/mol. The predicted octanol–water partition coefficient (Wildman–Crippen LogP) is 1.86. The minimum absolute atomic E-state index is 0.220. The number of aliphatic hydroxyl groups is 3. The van der Waals surface area contributed by atoms with Crippen LogP contribution in [0.1, 0.15) is 28.5 Å². The van der Waals surface area contributed by atoms with Crippen molar-refractivity contribution < 1.29 is 20.1 Å². The molecule has 0 aliphatic carbocycles. The maximum atomic E-state index is 13.1. The molecule has 1 aliphatic heterocycles. The maximum Gasteiger partial charge on any atom is 0.330 e. The van der Waals surface area contributed by atoms with Crippen LogP contribution in [0.5, 0.6) is 0 Å². The van der Waals surface area contributed by atoms with Crippen LogP contribution in [0.25, 0.3) is 0 Å². The Morgan fingerprint density at radius 2 is 1.35 bits per heavy atom. The summed E-state index contributed by atoms with van der Waals surface area (Å²) in [7, 11) is 0. The van der Waals surface area contributed by atoms with Crippen LogP contribution >= 0.6 is 0 Å². The smallest absolute Gasteiger partial charge is 0.330 e. The number of H-pyrrole nitrogens is 1. The molecule has 4 atom stereocenters. The van der Waals surface area contributed by atoms with E-state index >= 15 is 0 Å². The zero-order chi connectivity index (χ0) is 26.2. The lowest BCUT2D eigenvalue weighted by atomic mass is 9.57. The molecular formula is C29H28N2O6. The van der Waals surface area contributed by atoms with E-state index in [0.717, 1.165) is 4.57 Å². The minimum Gasteiger partial charge on any atom is -0.394 e. The third-order valence-electron chi connectivity index (χ3n) is 7.28. The second kappa shape index (κ2) is 9.57. The number of benzene rings is 3. The average Bonchev–Trinajstić information content (AvgIpc) is 3.19. The van der Waals surface area contributed by atoms with E-state index in [4.69, 9.17) is 4.74 Å². The van der Waals surface area contributed by atoms with Gasteiger partial charge in [-0.1, -0.05) is 91.0 Å². The van der Waals surface area contributed by atoms with E-state index in [2.05, 4.69) is 4.98 Å². The van der Waals surface area contributed by atoms with Crippen LogP contribution in [0.4, 0.5) is 0 Å². The van der Waals surface area contributed by atoms with Gasteiger partial charge in [-0.3, -0.25) is 14.3 Å². The lowest BCUT2D eigenvalue weighted by Crippen LogP contribution is -2.63. The molecule has 0 radical (unpaired) electrons. The molecule has 8 heteroatoms. The molecule has 190 valence electrons. The van der Waals surface area contributed by atoms with Crippen LogP contribution in [0, 0.1) is 6.92 Å². The molecule has 1 fully saturated rings. The summed E-state index contributed by atoms with van der Waals surface area (Å²) in [6.45, 7) is 0.924. The molecule has 0 saturated carbocycles. The van der Waals surface area contributed by atoms with Crippen molar-refractivity contribution in [1.82, 2.24) is 9.55 Å². The highest BCUT2D eigenvalue weighted by Gasteiger charge is 2.68. The molecule has 0 spiro atoms. The van der Waals surface area contributed by atoms with Gasteiger partial charge < -0.3 is 20.1 Å². The quantitative estimate of drug-likeness (QED) is 0.300. The molecule has 1 aliphatic rings. The molecule has 0 amide bonds. The van der Waals surface area contributed by atoms with E-state index < -0.39 is 47.3 Å². The largest absolute Gasteiger partial charge is 0.394 e. The second-order valence-corrected chi connectivity index (χ2v) is 9.31. The molecule has 4 aromatic rings. The molecule has 1 aromatic heterocycles. The number of aliphatic hydroxyl groups excluding tert-OH is 2. The first kappa shape index (κ1) is 24.9. The first-order valence-corrected chi connectivity index (χ1v) is 12.0. The fourth-order valence-corrected chi connectivity index (χ4v) is 5.62. The van der Waals surface area contributed by atoms with Crippen molar-refractivity contribution in [1.29, 1.82) is 0 Å². The van der Waals surface area contributed by atoms with Gasteiger partial charge in [-0.15, -0.1) is 0 Å².